The highest BCUT2D eigenvalue weighted by Crippen LogP contribution is 2.57. The minimum absolute atomic E-state index is 0.297. The fourth-order valence-corrected chi connectivity index (χ4v) is 14.0. The highest BCUT2D eigenvalue weighted by Gasteiger charge is 2.48. The normalized spacial score (nSPS) is 30.7. The van der Waals surface area contributed by atoms with E-state index in [4.69, 9.17) is 0 Å². The molecule has 1 saturated heterocycles. The number of allylic oxidation sites excluding steroid dienone is 8. The van der Waals surface area contributed by atoms with Gasteiger partial charge in [-0.05, 0) is 90.1 Å². The molecule has 1 fully saturated rings. The van der Waals surface area contributed by atoms with E-state index in [0.29, 0.717) is 35.9 Å². The lowest BCUT2D eigenvalue weighted by atomic mass is 9.80. The molecule has 3 aromatic carbocycles. The van der Waals surface area contributed by atoms with Gasteiger partial charge in [0.25, 0.3) is 0 Å². The average Bonchev–Trinajstić information content (AvgIpc) is 3.76. The highest BCUT2D eigenvalue weighted by molar-refractivity contribution is 8.03. The van der Waals surface area contributed by atoms with E-state index < -0.39 is 8.80 Å². The minimum Gasteiger partial charge on any atom is -0.361 e. The van der Waals surface area contributed by atoms with Crippen LogP contribution in [0.25, 0.3) is 5.57 Å². The molecule has 0 spiro atoms. The maximum Gasteiger partial charge on any atom is 0.101 e. The van der Waals surface area contributed by atoms with Crippen LogP contribution in [0.3, 0.4) is 0 Å². The van der Waals surface area contributed by atoms with Crippen LogP contribution in [0.15, 0.2) is 154 Å². The smallest absolute Gasteiger partial charge is 0.101 e. The molecule has 10 rings (SSSR count). The van der Waals surface area contributed by atoms with Gasteiger partial charge < -0.3 is 9.80 Å². The number of benzene rings is 3. The second-order valence-electron chi connectivity index (χ2n) is 14.2. The van der Waals surface area contributed by atoms with E-state index in [1.54, 1.807) is 20.9 Å². The molecule has 0 amide bonds. The van der Waals surface area contributed by atoms with Gasteiger partial charge in [0.15, 0.2) is 0 Å². The van der Waals surface area contributed by atoms with Crippen LogP contribution in [0.1, 0.15) is 42.7 Å². The van der Waals surface area contributed by atoms with Gasteiger partial charge in [0.2, 0.25) is 0 Å². The number of thioether (sulfide) groups is 1. The molecule has 3 aliphatic heterocycles. The van der Waals surface area contributed by atoms with Gasteiger partial charge >= 0.3 is 0 Å². The van der Waals surface area contributed by atoms with Crippen LogP contribution in [-0.4, -0.2) is 26.9 Å². The monoisotopic (exact) mass is 644 g/mol. The van der Waals surface area contributed by atoms with E-state index in [1.807, 2.05) is 11.8 Å². The molecule has 7 unspecified atom stereocenters. The first-order valence-electron chi connectivity index (χ1n) is 17.6. The Morgan fingerprint density at radius 2 is 1.77 bits per heavy atom. The molecule has 0 saturated carbocycles. The van der Waals surface area contributed by atoms with Crippen LogP contribution in [-0.2, 0) is 0 Å². The molecule has 232 valence electrons. The molecule has 47 heavy (non-hydrogen) atoms. The largest absolute Gasteiger partial charge is 0.361 e. The third-order valence-electron chi connectivity index (χ3n) is 11.9. The number of anilines is 2. The number of hydrogen-bond acceptors (Lipinski definition) is 3. The number of hydrogen-bond donors (Lipinski definition) is 0. The molecule has 3 heterocycles. The predicted octanol–water partition coefficient (Wildman–Crippen LogP) is 9.22. The van der Waals surface area contributed by atoms with Crippen molar-refractivity contribution in [3.8, 4) is 0 Å². The summed E-state index contributed by atoms with van der Waals surface area (Å²) in [4.78, 5) is 8.48. The topological polar surface area (TPSA) is 6.48 Å². The summed E-state index contributed by atoms with van der Waals surface area (Å²) in [6, 6.07) is 29.0. The van der Waals surface area contributed by atoms with Crippen LogP contribution in [0.2, 0.25) is 6.55 Å². The number of rotatable bonds is 4. The van der Waals surface area contributed by atoms with Crippen molar-refractivity contribution < 1.29 is 0 Å². The zero-order chi connectivity index (χ0) is 31.1. The van der Waals surface area contributed by atoms with Crippen LogP contribution >= 0.6 is 11.8 Å². The Morgan fingerprint density at radius 1 is 0.872 bits per heavy atom. The second kappa shape index (κ2) is 11.0. The van der Waals surface area contributed by atoms with Crippen molar-refractivity contribution in [1.82, 2.24) is 0 Å². The first kappa shape index (κ1) is 28.1. The SMILES string of the molecule is C[SiH]1C2=CCC3C(=C2c2ccc(N(C4=CC5C(C=C4)C4C=CCCC4N5c4ccccc4)C4C=CC=CC4)cc21)Sc1ccccc13. The summed E-state index contributed by atoms with van der Waals surface area (Å²) in [5.74, 6) is 1.59. The van der Waals surface area contributed by atoms with Gasteiger partial charge in [-0.2, -0.15) is 0 Å². The first-order valence-corrected chi connectivity index (χ1v) is 20.8. The van der Waals surface area contributed by atoms with E-state index in [-0.39, 0.29) is 0 Å². The number of fused-ring (bicyclic) bond motifs is 9. The summed E-state index contributed by atoms with van der Waals surface area (Å²) < 4.78 is 0. The summed E-state index contributed by atoms with van der Waals surface area (Å²) in [5.41, 5.74) is 8.65. The van der Waals surface area contributed by atoms with E-state index in [1.165, 1.54) is 45.9 Å². The van der Waals surface area contributed by atoms with Gasteiger partial charge in [-0.3, -0.25) is 0 Å². The summed E-state index contributed by atoms with van der Waals surface area (Å²) in [6.45, 7) is 2.57. The molecular weight excluding hydrogens is 605 g/mol. The molecule has 7 aliphatic rings. The van der Waals surface area contributed by atoms with Gasteiger partial charge in [0.1, 0.15) is 8.80 Å². The molecule has 0 N–H and O–H groups in total. The van der Waals surface area contributed by atoms with E-state index in [0.717, 1.165) is 12.8 Å². The summed E-state index contributed by atoms with van der Waals surface area (Å²) in [5, 5.41) is 3.30. The third-order valence-corrected chi connectivity index (χ3v) is 16.0. The highest BCUT2D eigenvalue weighted by atomic mass is 32.2. The van der Waals surface area contributed by atoms with Gasteiger partial charge in [-0.1, -0.05) is 115 Å². The van der Waals surface area contributed by atoms with Crippen LogP contribution in [0.5, 0.6) is 0 Å². The summed E-state index contributed by atoms with van der Waals surface area (Å²) in [7, 11) is -1.30. The zero-order valence-corrected chi connectivity index (χ0v) is 28.8. The van der Waals surface area contributed by atoms with Crippen molar-refractivity contribution in [2.45, 2.75) is 61.2 Å². The maximum absolute atomic E-state index is 2.76. The van der Waals surface area contributed by atoms with E-state index in [2.05, 4.69) is 150 Å². The Labute approximate surface area is 284 Å². The van der Waals surface area contributed by atoms with Gasteiger partial charge in [0.05, 0.1) is 12.1 Å². The van der Waals surface area contributed by atoms with E-state index in [9.17, 15) is 0 Å². The molecule has 7 atom stereocenters. The lowest BCUT2D eigenvalue weighted by molar-refractivity contribution is 0.457. The summed E-state index contributed by atoms with van der Waals surface area (Å²) >= 11 is 2.04. The molecular formula is C43H40N2SSi. The Kier molecular flexibility index (Phi) is 6.59. The van der Waals surface area contributed by atoms with Gasteiger partial charge in [-0.15, -0.1) is 0 Å². The Hall–Kier alpha value is -3.99. The molecule has 3 aromatic rings. The molecule has 2 nitrogen and oxygen atoms in total. The maximum atomic E-state index is 2.76. The van der Waals surface area contributed by atoms with Crippen molar-refractivity contribution in [2.75, 3.05) is 9.80 Å². The molecule has 0 aromatic heterocycles. The fraction of sp³-hybridized carbons (Fsp3) is 0.256. The lowest BCUT2D eigenvalue weighted by Crippen LogP contribution is -2.40. The average molecular weight is 645 g/mol. The van der Waals surface area contributed by atoms with Crippen LogP contribution < -0.4 is 15.0 Å². The number of para-hydroxylation sites is 1. The molecule has 4 heteroatoms. The zero-order valence-electron chi connectivity index (χ0n) is 26.9. The molecule has 0 radical (unpaired) electrons. The molecule has 4 aliphatic carbocycles. The third kappa shape index (κ3) is 4.30. The standard InChI is InChI=1S/C43H40N2SSi/c1-47-40-25-24-35-34-17-9-11-19-39(34)46-43(35)42(40)36-23-21-31(27-41(36)47)44(28-12-4-2-5-13-28)30-20-22-33-32-16-8-10-18-37(32)45(38(33)26-30)29-14-6-3-7-15-29/h2-9,11-12,14-17,19-23,25-28,32-33,35,37-38,47H,10,13,18,24H2,1H3. The fourth-order valence-electron chi connectivity index (χ4n) is 9.75. The Morgan fingerprint density at radius 3 is 2.66 bits per heavy atom. The first-order chi connectivity index (χ1) is 23.2. The van der Waals surface area contributed by atoms with Crippen LogP contribution in [0.4, 0.5) is 11.4 Å². The summed E-state index contributed by atoms with van der Waals surface area (Å²) in [6.07, 6.45) is 29.0. The van der Waals surface area contributed by atoms with Gasteiger partial charge in [-0.25, -0.2) is 0 Å². The second-order valence-corrected chi connectivity index (χ2v) is 18.0. The van der Waals surface area contributed by atoms with Crippen molar-refractivity contribution in [3.05, 3.63) is 160 Å². The Balaban J connectivity index is 1.07. The lowest BCUT2D eigenvalue weighted by Gasteiger charge is -2.38. The molecule has 0 bridgehead atoms. The van der Waals surface area contributed by atoms with E-state index >= 15 is 0 Å². The van der Waals surface area contributed by atoms with Crippen molar-refractivity contribution in [3.63, 3.8) is 0 Å². The van der Waals surface area contributed by atoms with Crippen molar-refractivity contribution >= 4 is 42.7 Å². The van der Waals surface area contributed by atoms with Crippen LogP contribution in [0, 0.1) is 11.8 Å². The van der Waals surface area contributed by atoms with Gasteiger partial charge in [0, 0.05) is 50.7 Å². The van der Waals surface area contributed by atoms with Crippen molar-refractivity contribution in [1.29, 1.82) is 0 Å². The van der Waals surface area contributed by atoms with Crippen molar-refractivity contribution in [2.24, 2.45) is 11.8 Å². The quantitative estimate of drug-likeness (QED) is 0.207. The Bertz CT molecular complexity index is 2000. The number of nitrogens with zero attached hydrogens (tertiary/aromatic N) is 2. The predicted molar refractivity (Wildman–Crippen MR) is 202 cm³/mol. The minimum atomic E-state index is -1.30.